The first kappa shape index (κ1) is 77.4. The fraction of sp³-hybridized carbons (Fsp3) is 0.959. The third-order valence-electron chi connectivity index (χ3n) is 17.1. The summed E-state index contributed by atoms with van der Waals surface area (Å²) in [5.74, 6) is -0.825. The van der Waals surface area contributed by atoms with Crippen LogP contribution in [0.3, 0.4) is 0 Å². The molecule has 0 radical (unpaired) electrons. The van der Waals surface area contributed by atoms with E-state index in [1.807, 2.05) is 0 Å². The van der Waals surface area contributed by atoms with Crippen LogP contribution in [0, 0.1) is 0 Å². The van der Waals surface area contributed by atoms with E-state index in [4.69, 9.17) is 14.2 Å². The first-order valence-corrected chi connectivity index (χ1v) is 36.5. The predicted molar refractivity (Wildman–Crippen MR) is 344 cm³/mol. The van der Waals surface area contributed by atoms with Gasteiger partial charge in [0.25, 0.3) is 0 Å². The lowest BCUT2D eigenvalue weighted by Crippen LogP contribution is -2.30. The van der Waals surface area contributed by atoms with Gasteiger partial charge in [-0.05, 0) is 19.3 Å². The molecule has 470 valence electrons. The summed E-state index contributed by atoms with van der Waals surface area (Å²) in [7, 11) is 0. The third kappa shape index (κ3) is 67.1. The summed E-state index contributed by atoms with van der Waals surface area (Å²) in [6, 6.07) is 0. The summed E-state index contributed by atoms with van der Waals surface area (Å²) in [5, 5.41) is 0. The van der Waals surface area contributed by atoms with E-state index in [1.54, 1.807) is 0 Å². The first-order valence-electron chi connectivity index (χ1n) is 36.5. The molecule has 0 spiro atoms. The molecule has 0 saturated heterocycles. The van der Waals surface area contributed by atoms with Gasteiger partial charge in [-0.15, -0.1) is 0 Å². The van der Waals surface area contributed by atoms with Crippen molar-refractivity contribution in [3.8, 4) is 0 Å². The number of unbranched alkanes of at least 4 members (excludes halogenated alkanes) is 58. The van der Waals surface area contributed by atoms with Gasteiger partial charge in [-0.25, -0.2) is 0 Å². The first-order chi connectivity index (χ1) is 39.0. The second-order valence-electron chi connectivity index (χ2n) is 25.2. The van der Waals surface area contributed by atoms with Crippen molar-refractivity contribution >= 4 is 17.9 Å². The average molecular weight is 1120 g/mol. The molecule has 0 aliphatic carbocycles. The number of rotatable bonds is 69. The highest BCUT2D eigenvalue weighted by Gasteiger charge is 2.20. The molecule has 0 aliphatic heterocycles. The standard InChI is InChI=1S/C73H142O6/c1-4-7-10-13-16-19-21-23-25-27-29-31-33-35-37-39-41-43-45-47-49-51-54-57-60-63-66-72(75)78-69-70(68-77-71(74)65-62-59-56-53-18-15-12-9-6-3)79-73(76)67-64-61-58-55-52-50-48-46-44-42-40-38-36-34-32-30-28-26-24-22-20-17-14-11-8-5-2/h70H,4-69H2,1-3H3. The van der Waals surface area contributed by atoms with Crippen molar-refractivity contribution in [1.82, 2.24) is 0 Å². The van der Waals surface area contributed by atoms with Gasteiger partial charge in [0.05, 0.1) is 0 Å². The van der Waals surface area contributed by atoms with Gasteiger partial charge in [-0.2, -0.15) is 0 Å². The maximum Gasteiger partial charge on any atom is 0.306 e. The van der Waals surface area contributed by atoms with Gasteiger partial charge >= 0.3 is 17.9 Å². The van der Waals surface area contributed by atoms with Crippen molar-refractivity contribution in [2.24, 2.45) is 0 Å². The van der Waals surface area contributed by atoms with Crippen LogP contribution in [-0.2, 0) is 28.6 Å². The Hall–Kier alpha value is -1.59. The maximum absolute atomic E-state index is 12.9. The van der Waals surface area contributed by atoms with E-state index >= 15 is 0 Å². The number of esters is 3. The average Bonchev–Trinajstić information content (AvgIpc) is 3.45. The molecule has 0 rings (SSSR count). The van der Waals surface area contributed by atoms with Crippen LogP contribution in [0.4, 0.5) is 0 Å². The van der Waals surface area contributed by atoms with Crippen molar-refractivity contribution in [1.29, 1.82) is 0 Å². The maximum atomic E-state index is 12.9. The van der Waals surface area contributed by atoms with Crippen LogP contribution in [0.1, 0.15) is 432 Å². The molecule has 79 heavy (non-hydrogen) atoms. The van der Waals surface area contributed by atoms with E-state index in [0.29, 0.717) is 19.3 Å². The molecule has 1 atom stereocenters. The lowest BCUT2D eigenvalue weighted by Gasteiger charge is -2.18. The Morgan fingerprint density at radius 2 is 0.342 bits per heavy atom. The van der Waals surface area contributed by atoms with E-state index in [-0.39, 0.29) is 31.1 Å². The molecule has 6 nitrogen and oxygen atoms in total. The Labute approximate surface area is 495 Å². The van der Waals surface area contributed by atoms with Crippen molar-refractivity contribution in [2.45, 2.75) is 438 Å². The van der Waals surface area contributed by atoms with Crippen LogP contribution in [0.25, 0.3) is 0 Å². The van der Waals surface area contributed by atoms with Crippen LogP contribution >= 0.6 is 0 Å². The Morgan fingerprint density at radius 1 is 0.203 bits per heavy atom. The molecule has 0 aliphatic rings. The monoisotopic (exact) mass is 1120 g/mol. The number of ether oxygens (including phenoxy) is 3. The molecule has 0 fully saturated rings. The van der Waals surface area contributed by atoms with Gasteiger partial charge in [0.1, 0.15) is 13.2 Å². The quantitative estimate of drug-likeness (QED) is 0.0343. The van der Waals surface area contributed by atoms with Crippen LogP contribution in [-0.4, -0.2) is 37.2 Å². The summed E-state index contributed by atoms with van der Waals surface area (Å²) in [6.07, 6.45) is 81.7. The molecule has 0 aromatic rings. The van der Waals surface area contributed by atoms with Crippen molar-refractivity contribution < 1.29 is 28.6 Å². The van der Waals surface area contributed by atoms with Crippen molar-refractivity contribution in [3.63, 3.8) is 0 Å². The van der Waals surface area contributed by atoms with Crippen LogP contribution < -0.4 is 0 Å². The highest BCUT2D eigenvalue weighted by Crippen LogP contribution is 2.20. The molecule has 6 heteroatoms. The summed E-state index contributed by atoms with van der Waals surface area (Å²) in [6.45, 7) is 6.72. The molecule has 0 N–H and O–H groups in total. The normalized spacial score (nSPS) is 11.9. The molecular weight excluding hydrogens is 973 g/mol. The zero-order valence-corrected chi connectivity index (χ0v) is 54.2. The second-order valence-corrected chi connectivity index (χ2v) is 25.2. The summed E-state index contributed by atoms with van der Waals surface area (Å²) < 4.78 is 17.0. The Balaban J connectivity index is 4.05. The fourth-order valence-electron chi connectivity index (χ4n) is 11.6. The number of carbonyl (C=O) groups excluding carboxylic acids is 3. The Morgan fingerprint density at radius 3 is 0.506 bits per heavy atom. The minimum absolute atomic E-state index is 0.0606. The van der Waals surface area contributed by atoms with Crippen LogP contribution in [0.5, 0.6) is 0 Å². The Kier molecular flexibility index (Phi) is 67.5. The smallest absolute Gasteiger partial charge is 0.306 e. The zero-order chi connectivity index (χ0) is 57.1. The predicted octanol–water partition coefficient (Wildman–Crippen LogP) is 25.0. The lowest BCUT2D eigenvalue weighted by atomic mass is 10.0. The van der Waals surface area contributed by atoms with Crippen molar-refractivity contribution in [3.05, 3.63) is 0 Å². The van der Waals surface area contributed by atoms with E-state index in [9.17, 15) is 14.4 Å². The Bertz CT molecular complexity index is 1190. The lowest BCUT2D eigenvalue weighted by molar-refractivity contribution is -0.167. The van der Waals surface area contributed by atoms with E-state index in [1.165, 1.54) is 334 Å². The van der Waals surface area contributed by atoms with Gasteiger partial charge < -0.3 is 14.2 Å². The van der Waals surface area contributed by atoms with E-state index in [0.717, 1.165) is 57.8 Å². The van der Waals surface area contributed by atoms with Gasteiger partial charge in [0.2, 0.25) is 0 Å². The number of hydrogen-bond donors (Lipinski definition) is 0. The zero-order valence-electron chi connectivity index (χ0n) is 54.2. The number of hydrogen-bond acceptors (Lipinski definition) is 6. The largest absolute Gasteiger partial charge is 0.462 e. The van der Waals surface area contributed by atoms with E-state index in [2.05, 4.69) is 20.8 Å². The second kappa shape index (κ2) is 68.9. The highest BCUT2D eigenvalue weighted by atomic mass is 16.6. The van der Waals surface area contributed by atoms with Crippen LogP contribution in [0.15, 0.2) is 0 Å². The van der Waals surface area contributed by atoms with E-state index < -0.39 is 6.10 Å². The van der Waals surface area contributed by atoms with Crippen molar-refractivity contribution in [2.75, 3.05) is 13.2 Å². The molecular formula is C73H142O6. The SMILES string of the molecule is CCCCCCCCCCCCCCCCCCCCCCCCCCCCC(=O)OCC(COC(=O)CCCCCCCCCCC)OC(=O)CCCCCCCCCCCCCCCCCCCCCCCCCCCC. The minimum atomic E-state index is -0.762. The number of carbonyl (C=O) groups is 3. The molecule has 0 bridgehead atoms. The molecule has 1 unspecified atom stereocenters. The molecule has 0 saturated carbocycles. The molecule has 0 heterocycles. The summed E-state index contributed by atoms with van der Waals surface area (Å²) >= 11 is 0. The topological polar surface area (TPSA) is 78.9 Å². The summed E-state index contributed by atoms with van der Waals surface area (Å²) in [5.41, 5.74) is 0. The molecule has 0 amide bonds. The third-order valence-corrected chi connectivity index (χ3v) is 17.1. The highest BCUT2D eigenvalue weighted by molar-refractivity contribution is 5.71. The summed E-state index contributed by atoms with van der Waals surface area (Å²) in [4.78, 5) is 38.3. The molecule has 0 aromatic heterocycles. The fourth-order valence-corrected chi connectivity index (χ4v) is 11.6. The molecule has 0 aromatic carbocycles. The minimum Gasteiger partial charge on any atom is -0.462 e. The van der Waals surface area contributed by atoms with Gasteiger partial charge in [0.15, 0.2) is 6.10 Å². The van der Waals surface area contributed by atoms with Gasteiger partial charge in [0, 0.05) is 19.3 Å². The van der Waals surface area contributed by atoms with Gasteiger partial charge in [-0.3, -0.25) is 14.4 Å². The van der Waals surface area contributed by atoms with Crippen LogP contribution in [0.2, 0.25) is 0 Å². The van der Waals surface area contributed by atoms with Gasteiger partial charge in [-0.1, -0.05) is 393 Å².